The van der Waals surface area contributed by atoms with E-state index in [4.69, 9.17) is 15.2 Å². The lowest BCUT2D eigenvalue weighted by molar-refractivity contribution is -0.130. The second kappa shape index (κ2) is 8.02. The van der Waals surface area contributed by atoms with Crippen molar-refractivity contribution in [1.29, 1.82) is 0 Å². The summed E-state index contributed by atoms with van der Waals surface area (Å²) in [6.45, 7) is 5.76. The summed E-state index contributed by atoms with van der Waals surface area (Å²) in [4.78, 5) is 34.6. The van der Waals surface area contributed by atoms with Gasteiger partial charge in [-0.15, -0.1) is 0 Å². The van der Waals surface area contributed by atoms with E-state index in [1.165, 1.54) is 12.1 Å². The average molecular weight is 308 g/mol. The number of imide groups is 1. The van der Waals surface area contributed by atoms with Gasteiger partial charge in [0.15, 0.2) is 6.10 Å². The number of amides is 3. The van der Waals surface area contributed by atoms with Crippen LogP contribution in [-0.4, -0.2) is 30.6 Å². The highest BCUT2D eigenvalue weighted by molar-refractivity contribution is 5.98. The van der Waals surface area contributed by atoms with Crippen LogP contribution in [0.2, 0.25) is 0 Å². The summed E-state index contributed by atoms with van der Waals surface area (Å²) in [6, 6.07) is 5.35. The molecule has 0 aromatic heterocycles. The van der Waals surface area contributed by atoms with Crippen LogP contribution in [0, 0.1) is 5.92 Å². The van der Waals surface area contributed by atoms with E-state index in [0.29, 0.717) is 12.4 Å². The van der Waals surface area contributed by atoms with Gasteiger partial charge in [0.2, 0.25) is 0 Å². The minimum absolute atomic E-state index is 0.279. The van der Waals surface area contributed by atoms with E-state index in [-0.39, 0.29) is 11.5 Å². The highest BCUT2D eigenvalue weighted by atomic mass is 16.5. The minimum atomic E-state index is -1.11. The summed E-state index contributed by atoms with van der Waals surface area (Å²) in [5.74, 6) is -1.10. The molecule has 0 fully saturated rings. The molecule has 22 heavy (non-hydrogen) atoms. The maximum Gasteiger partial charge on any atom is 0.338 e. The molecule has 1 aromatic carbocycles. The van der Waals surface area contributed by atoms with E-state index in [2.05, 4.69) is 0 Å². The predicted octanol–water partition coefficient (Wildman–Crippen LogP) is 1.46. The Labute approximate surface area is 128 Å². The zero-order valence-electron chi connectivity index (χ0n) is 12.8. The van der Waals surface area contributed by atoms with Crippen molar-refractivity contribution >= 4 is 17.9 Å². The van der Waals surface area contributed by atoms with Crippen molar-refractivity contribution in [3.8, 4) is 5.75 Å². The Bertz CT molecular complexity index is 539. The van der Waals surface area contributed by atoms with Gasteiger partial charge in [0, 0.05) is 0 Å². The Balaban J connectivity index is 2.78. The maximum atomic E-state index is 12.1. The highest BCUT2D eigenvalue weighted by Gasteiger charge is 2.27. The number of ether oxygens (including phenoxy) is 2. The van der Waals surface area contributed by atoms with Gasteiger partial charge in [0.05, 0.1) is 12.2 Å². The number of esters is 1. The molecule has 0 radical (unpaired) electrons. The van der Waals surface area contributed by atoms with Crippen molar-refractivity contribution < 1.29 is 23.9 Å². The van der Waals surface area contributed by atoms with Crippen LogP contribution in [0.1, 0.15) is 31.1 Å². The topological polar surface area (TPSA) is 108 Å². The molecule has 1 unspecified atom stereocenters. The first-order chi connectivity index (χ1) is 10.3. The molecule has 0 heterocycles. The van der Waals surface area contributed by atoms with Crippen LogP contribution in [0.4, 0.5) is 4.79 Å². The van der Waals surface area contributed by atoms with E-state index in [1.807, 2.05) is 12.2 Å². The molecule has 3 amide bonds. The largest absolute Gasteiger partial charge is 0.494 e. The number of carbonyl (C=O) groups excluding carboxylic acids is 3. The summed E-state index contributed by atoms with van der Waals surface area (Å²) in [6.07, 6.45) is -1.11. The number of benzene rings is 1. The lowest BCUT2D eigenvalue weighted by atomic mass is 10.1. The molecule has 7 nitrogen and oxygen atoms in total. The molecule has 1 aromatic rings. The standard InChI is InChI=1S/C15H20N2O5/c1-4-21-11-7-5-10(6-8-11)14(19)22-12(9(2)3)13(18)17-15(16)20/h5-9,12H,4H2,1-3H3,(H3,16,17,18,20). The molecule has 0 saturated heterocycles. The van der Waals surface area contributed by atoms with Gasteiger partial charge in [-0.3, -0.25) is 10.1 Å². The normalized spacial score (nSPS) is 11.6. The van der Waals surface area contributed by atoms with Crippen molar-refractivity contribution in [2.75, 3.05) is 6.61 Å². The molecule has 0 bridgehead atoms. The summed E-state index contributed by atoms with van der Waals surface area (Å²) < 4.78 is 10.4. The van der Waals surface area contributed by atoms with Gasteiger partial charge in [-0.05, 0) is 37.1 Å². The van der Waals surface area contributed by atoms with Gasteiger partial charge in [0.1, 0.15) is 5.75 Å². The number of hydrogen-bond acceptors (Lipinski definition) is 5. The number of carbonyl (C=O) groups is 3. The van der Waals surface area contributed by atoms with Crippen molar-refractivity contribution in [3.63, 3.8) is 0 Å². The molecule has 0 saturated carbocycles. The maximum absolute atomic E-state index is 12.1. The van der Waals surface area contributed by atoms with Crippen molar-refractivity contribution in [3.05, 3.63) is 29.8 Å². The molecular weight excluding hydrogens is 288 g/mol. The van der Waals surface area contributed by atoms with Crippen LogP contribution in [0.25, 0.3) is 0 Å². The van der Waals surface area contributed by atoms with Crippen LogP contribution in [0.3, 0.4) is 0 Å². The molecule has 1 atom stereocenters. The third-order valence-electron chi connectivity index (χ3n) is 2.75. The third kappa shape index (κ3) is 5.08. The number of nitrogens with one attached hydrogen (secondary N) is 1. The summed E-state index contributed by atoms with van der Waals surface area (Å²) in [7, 11) is 0. The Kier molecular flexibility index (Phi) is 6.37. The summed E-state index contributed by atoms with van der Waals surface area (Å²) in [5, 5.41) is 1.91. The molecule has 0 aliphatic heterocycles. The number of primary amides is 1. The first-order valence-corrected chi connectivity index (χ1v) is 6.89. The number of nitrogens with two attached hydrogens (primary N) is 1. The van der Waals surface area contributed by atoms with E-state index >= 15 is 0 Å². The SMILES string of the molecule is CCOc1ccc(C(=O)OC(C(=O)NC(N)=O)C(C)C)cc1. The summed E-state index contributed by atoms with van der Waals surface area (Å²) >= 11 is 0. The van der Waals surface area contributed by atoms with Gasteiger partial charge >= 0.3 is 12.0 Å². The summed E-state index contributed by atoms with van der Waals surface area (Å²) in [5.41, 5.74) is 5.17. The highest BCUT2D eigenvalue weighted by Crippen LogP contribution is 2.15. The van der Waals surface area contributed by atoms with Gasteiger partial charge in [-0.2, -0.15) is 0 Å². The minimum Gasteiger partial charge on any atom is -0.494 e. The van der Waals surface area contributed by atoms with Crippen LogP contribution >= 0.6 is 0 Å². The first-order valence-electron chi connectivity index (χ1n) is 6.89. The van der Waals surface area contributed by atoms with E-state index in [1.54, 1.807) is 26.0 Å². The zero-order chi connectivity index (χ0) is 16.7. The molecule has 0 spiro atoms. The van der Waals surface area contributed by atoms with Gasteiger partial charge in [-0.1, -0.05) is 13.8 Å². The fraction of sp³-hybridized carbons (Fsp3) is 0.400. The number of hydrogen-bond donors (Lipinski definition) is 2. The molecule has 0 aliphatic rings. The monoisotopic (exact) mass is 308 g/mol. The van der Waals surface area contributed by atoms with Gasteiger partial charge in [0.25, 0.3) is 5.91 Å². The van der Waals surface area contributed by atoms with E-state index in [9.17, 15) is 14.4 Å². The van der Waals surface area contributed by atoms with Crippen LogP contribution in [0.15, 0.2) is 24.3 Å². The lowest BCUT2D eigenvalue weighted by Crippen LogP contribution is -2.45. The van der Waals surface area contributed by atoms with Crippen molar-refractivity contribution in [2.24, 2.45) is 11.7 Å². The fourth-order valence-electron chi connectivity index (χ4n) is 1.72. The number of urea groups is 1. The Morgan fingerprint density at radius 3 is 2.23 bits per heavy atom. The van der Waals surface area contributed by atoms with Crippen LogP contribution in [-0.2, 0) is 9.53 Å². The molecule has 1 rings (SSSR count). The van der Waals surface area contributed by atoms with Crippen LogP contribution in [0.5, 0.6) is 5.75 Å². The fourth-order valence-corrected chi connectivity index (χ4v) is 1.72. The third-order valence-corrected chi connectivity index (χ3v) is 2.75. The molecule has 120 valence electrons. The zero-order valence-corrected chi connectivity index (χ0v) is 12.8. The lowest BCUT2D eigenvalue weighted by Gasteiger charge is -2.19. The van der Waals surface area contributed by atoms with E-state index in [0.717, 1.165) is 0 Å². The average Bonchev–Trinajstić information content (AvgIpc) is 2.44. The second-order valence-electron chi connectivity index (χ2n) is 4.88. The second-order valence-corrected chi connectivity index (χ2v) is 4.88. The predicted molar refractivity (Wildman–Crippen MR) is 79.4 cm³/mol. The smallest absolute Gasteiger partial charge is 0.338 e. The quantitative estimate of drug-likeness (QED) is 0.774. The Morgan fingerprint density at radius 2 is 1.77 bits per heavy atom. The van der Waals surface area contributed by atoms with E-state index < -0.39 is 24.0 Å². The van der Waals surface area contributed by atoms with Gasteiger partial charge < -0.3 is 15.2 Å². The van der Waals surface area contributed by atoms with Gasteiger partial charge in [-0.25, -0.2) is 9.59 Å². The Morgan fingerprint density at radius 1 is 1.18 bits per heavy atom. The molecule has 3 N–H and O–H groups in total. The van der Waals surface area contributed by atoms with Crippen molar-refractivity contribution in [2.45, 2.75) is 26.9 Å². The van der Waals surface area contributed by atoms with Crippen molar-refractivity contribution in [1.82, 2.24) is 5.32 Å². The number of rotatable bonds is 6. The molecular formula is C15H20N2O5. The first kappa shape index (κ1) is 17.5. The van der Waals surface area contributed by atoms with Crippen LogP contribution < -0.4 is 15.8 Å². The molecule has 7 heteroatoms. The molecule has 0 aliphatic carbocycles. The Hall–Kier alpha value is -2.57.